The van der Waals surface area contributed by atoms with Gasteiger partial charge in [0.15, 0.2) is 0 Å². The van der Waals surface area contributed by atoms with E-state index in [4.69, 9.17) is 4.74 Å². The number of hydrogen-bond acceptors (Lipinski definition) is 2. The fraction of sp³-hybridized carbons (Fsp3) is 0.417. The Hall–Kier alpha value is -0.880. The van der Waals surface area contributed by atoms with Crippen LogP contribution in [0.2, 0.25) is 0 Å². The van der Waals surface area contributed by atoms with Gasteiger partial charge in [-0.05, 0) is 17.7 Å². The van der Waals surface area contributed by atoms with E-state index >= 15 is 0 Å². The first-order valence-corrected chi connectivity index (χ1v) is 6.17. The van der Waals surface area contributed by atoms with E-state index in [1.165, 1.54) is 6.07 Å². The number of Topliss-reactive ketones (excluding diaryl/α,β-unsaturated/α-hetero) is 1. The summed E-state index contributed by atoms with van der Waals surface area (Å²) in [6.45, 7) is 0.265. The summed E-state index contributed by atoms with van der Waals surface area (Å²) in [6, 6.07) is 3.91. The van der Waals surface area contributed by atoms with Crippen LogP contribution >= 0.6 is 15.9 Å². The summed E-state index contributed by atoms with van der Waals surface area (Å²) in [5, 5.41) is 0. The van der Waals surface area contributed by atoms with Crippen LogP contribution in [0.25, 0.3) is 0 Å². The van der Waals surface area contributed by atoms with Gasteiger partial charge < -0.3 is 4.74 Å². The minimum atomic E-state index is -4.42. The number of halogens is 4. The number of ether oxygens (including phenoxy) is 1. The number of rotatable bonds is 1. The average Bonchev–Trinajstić information content (AvgIpc) is 2.28. The van der Waals surface area contributed by atoms with Crippen LogP contribution < -0.4 is 0 Å². The van der Waals surface area contributed by atoms with Crippen molar-refractivity contribution in [3.63, 3.8) is 0 Å². The van der Waals surface area contributed by atoms with Gasteiger partial charge in [0.1, 0.15) is 5.78 Å². The van der Waals surface area contributed by atoms with Crippen molar-refractivity contribution >= 4 is 21.7 Å². The molecule has 0 amide bonds. The molecule has 98 valence electrons. The van der Waals surface area contributed by atoms with Crippen molar-refractivity contribution in [2.75, 3.05) is 6.61 Å². The second-order valence-corrected chi connectivity index (χ2v) is 4.94. The number of carbonyl (C=O) groups is 1. The first kappa shape index (κ1) is 13.5. The SMILES string of the molecule is O=C1CCOC(c2ccc(Br)c(C(F)(F)F)c2)C1. The third kappa shape index (κ3) is 2.92. The normalized spacial score (nSPS) is 21.1. The third-order valence-corrected chi connectivity index (χ3v) is 3.47. The molecule has 0 saturated carbocycles. The molecule has 1 aromatic carbocycles. The van der Waals surface area contributed by atoms with Gasteiger partial charge >= 0.3 is 6.18 Å². The minimum Gasteiger partial charge on any atom is -0.373 e. The monoisotopic (exact) mass is 322 g/mol. The molecule has 1 saturated heterocycles. The van der Waals surface area contributed by atoms with Gasteiger partial charge in [-0.15, -0.1) is 0 Å². The molecule has 0 aromatic heterocycles. The molecule has 0 aliphatic carbocycles. The van der Waals surface area contributed by atoms with Crippen LogP contribution in [0.1, 0.15) is 30.1 Å². The number of hydrogen-bond donors (Lipinski definition) is 0. The fourth-order valence-corrected chi connectivity index (χ4v) is 2.33. The summed E-state index contributed by atoms with van der Waals surface area (Å²) in [7, 11) is 0. The predicted octanol–water partition coefficient (Wildman–Crippen LogP) is 3.89. The van der Waals surface area contributed by atoms with Gasteiger partial charge in [-0.25, -0.2) is 0 Å². The Bertz CT molecular complexity index is 471. The molecule has 1 aliphatic heterocycles. The molecule has 6 heteroatoms. The maximum absolute atomic E-state index is 12.7. The van der Waals surface area contributed by atoms with Crippen molar-refractivity contribution in [1.82, 2.24) is 0 Å². The van der Waals surface area contributed by atoms with E-state index in [0.29, 0.717) is 12.0 Å². The highest BCUT2D eigenvalue weighted by Gasteiger charge is 2.34. The summed E-state index contributed by atoms with van der Waals surface area (Å²) in [4.78, 5) is 11.3. The summed E-state index contributed by atoms with van der Waals surface area (Å²) < 4.78 is 43.5. The summed E-state index contributed by atoms with van der Waals surface area (Å²) in [5.41, 5.74) is -0.361. The van der Waals surface area contributed by atoms with Gasteiger partial charge in [-0.3, -0.25) is 4.79 Å². The molecule has 1 fully saturated rings. The van der Waals surface area contributed by atoms with E-state index in [1.807, 2.05) is 0 Å². The van der Waals surface area contributed by atoms with E-state index in [1.54, 1.807) is 6.07 Å². The van der Waals surface area contributed by atoms with Crippen LogP contribution in [0.4, 0.5) is 13.2 Å². The second kappa shape index (κ2) is 5.01. The molecule has 2 rings (SSSR count). The Morgan fingerprint density at radius 3 is 2.67 bits per heavy atom. The molecular weight excluding hydrogens is 313 g/mol. The summed E-state index contributed by atoms with van der Waals surface area (Å²) in [5.74, 6) is 0.0164. The van der Waals surface area contributed by atoms with Gasteiger partial charge in [-0.2, -0.15) is 13.2 Å². The standard InChI is InChI=1S/C12H10BrF3O2/c13-10-2-1-7(5-9(10)12(14,15)16)11-6-8(17)3-4-18-11/h1-2,5,11H,3-4,6H2. The highest BCUT2D eigenvalue weighted by Crippen LogP contribution is 2.37. The van der Waals surface area contributed by atoms with E-state index in [-0.39, 0.29) is 23.3 Å². The van der Waals surface area contributed by atoms with Gasteiger partial charge in [0.05, 0.1) is 18.3 Å². The maximum Gasteiger partial charge on any atom is 0.417 e. The first-order valence-electron chi connectivity index (χ1n) is 5.38. The first-order chi connectivity index (χ1) is 8.38. The Morgan fingerprint density at radius 2 is 2.06 bits per heavy atom. The fourth-order valence-electron chi connectivity index (χ4n) is 1.86. The van der Waals surface area contributed by atoms with Crippen LogP contribution in [-0.4, -0.2) is 12.4 Å². The lowest BCUT2D eigenvalue weighted by Crippen LogP contribution is -2.20. The molecule has 1 aromatic rings. The molecule has 18 heavy (non-hydrogen) atoms. The molecular formula is C12H10BrF3O2. The van der Waals surface area contributed by atoms with Crippen LogP contribution in [0.3, 0.4) is 0 Å². The second-order valence-electron chi connectivity index (χ2n) is 4.09. The zero-order chi connectivity index (χ0) is 13.3. The highest BCUT2D eigenvalue weighted by atomic mass is 79.9. The summed E-state index contributed by atoms with van der Waals surface area (Å²) >= 11 is 2.87. The lowest BCUT2D eigenvalue weighted by atomic mass is 9.99. The zero-order valence-electron chi connectivity index (χ0n) is 9.26. The van der Waals surface area contributed by atoms with Crippen molar-refractivity contribution in [1.29, 1.82) is 0 Å². The summed E-state index contributed by atoms with van der Waals surface area (Å²) in [6.07, 6.45) is -4.52. The lowest BCUT2D eigenvalue weighted by Gasteiger charge is -2.23. The van der Waals surface area contributed by atoms with Crippen LogP contribution in [-0.2, 0) is 15.7 Å². The van der Waals surface area contributed by atoms with Gasteiger partial charge in [0.2, 0.25) is 0 Å². The molecule has 1 aliphatic rings. The van der Waals surface area contributed by atoms with Crippen LogP contribution in [0.15, 0.2) is 22.7 Å². The van der Waals surface area contributed by atoms with Crippen molar-refractivity contribution in [3.8, 4) is 0 Å². The highest BCUT2D eigenvalue weighted by molar-refractivity contribution is 9.10. The zero-order valence-corrected chi connectivity index (χ0v) is 10.8. The number of carbonyl (C=O) groups excluding carboxylic acids is 1. The van der Waals surface area contributed by atoms with Crippen molar-refractivity contribution in [3.05, 3.63) is 33.8 Å². The smallest absolute Gasteiger partial charge is 0.373 e. The molecule has 1 atom stereocenters. The van der Waals surface area contributed by atoms with Crippen molar-refractivity contribution in [2.45, 2.75) is 25.1 Å². The van der Waals surface area contributed by atoms with Gasteiger partial charge in [0.25, 0.3) is 0 Å². The number of benzene rings is 1. The Kier molecular flexibility index (Phi) is 3.77. The van der Waals surface area contributed by atoms with Crippen molar-refractivity contribution in [2.24, 2.45) is 0 Å². The molecule has 0 bridgehead atoms. The van der Waals surface area contributed by atoms with E-state index < -0.39 is 17.8 Å². The Labute approximate surface area is 110 Å². The van der Waals surface area contributed by atoms with E-state index in [2.05, 4.69) is 15.9 Å². The third-order valence-electron chi connectivity index (χ3n) is 2.78. The molecule has 2 nitrogen and oxygen atoms in total. The van der Waals surface area contributed by atoms with Gasteiger partial charge in [-0.1, -0.05) is 22.0 Å². The predicted molar refractivity (Wildman–Crippen MR) is 62.1 cm³/mol. The molecule has 0 spiro atoms. The van der Waals surface area contributed by atoms with E-state index in [9.17, 15) is 18.0 Å². The maximum atomic E-state index is 12.7. The lowest BCUT2D eigenvalue weighted by molar-refractivity contribution is -0.138. The molecule has 0 N–H and O–H groups in total. The van der Waals surface area contributed by atoms with Crippen LogP contribution in [0.5, 0.6) is 0 Å². The quantitative estimate of drug-likeness (QED) is 0.784. The molecule has 1 heterocycles. The number of alkyl halides is 3. The molecule has 0 radical (unpaired) electrons. The molecule has 1 unspecified atom stereocenters. The minimum absolute atomic E-state index is 0.0131. The van der Waals surface area contributed by atoms with E-state index in [0.717, 1.165) is 6.07 Å². The topological polar surface area (TPSA) is 26.3 Å². The largest absolute Gasteiger partial charge is 0.417 e. The number of ketones is 1. The average molecular weight is 323 g/mol. The van der Waals surface area contributed by atoms with Crippen molar-refractivity contribution < 1.29 is 22.7 Å². The van der Waals surface area contributed by atoms with Gasteiger partial charge in [0, 0.05) is 17.3 Å². The van der Waals surface area contributed by atoms with Crippen LogP contribution in [0, 0.1) is 0 Å². The Balaban J connectivity index is 2.32. The Morgan fingerprint density at radius 1 is 1.33 bits per heavy atom.